The fourth-order valence-corrected chi connectivity index (χ4v) is 3.04. The van der Waals surface area contributed by atoms with Crippen molar-refractivity contribution in [3.63, 3.8) is 0 Å². The van der Waals surface area contributed by atoms with Crippen molar-refractivity contribution in [2.24, 2.45) is 0 Å². The van der Waals surface area contributed by atoms with Gasteiger partial charge in [0.1, 0.15) is 0 Å². The SMILES string of the molecule is Cc1cccc(NC(=O)c2cccn3cc(-c4ccccc4)cc23)c1. The van der Waals surface area contributed by atoms with Gasteiger partial charge < -0.3 is 9.72 Å². The summed E-state index contributed by atoms with van der Waals surface area (Å²) in [4.78, 5) is 12.8. The van der Waals surface area contributed by atoms with Crippen LogP contribution in [-0.2, 0) is 0 Å². The van der Waals surface area contributed by atoms with Crippen molar-refractivity contribution in [1.29, 1.82) is 0 Å². The zero-order valence-corrected chi connectivity index (χ0v) is 13.9. The number of hydrogen-bond donors (Lipinski definition) is 1. The number of aryl methyl sites for hydroxylation is 1. The lowest BCUT2D eigenvalue weighted by Gasteiger charge is -2.07. The summed E-state index contributed by atoms with van der Waals surface area (Å²) in [6.07, 6.45) is 4.01. The lowest BCUT2D eigenvalue weighted by Crippen LogP contribution is -2.13. The van der Waals surface area contributed by atoms with Gasteiger partial charge in [0.2, 0.25) is 0 Å². The van der Waals surface area contributed by atoms with Crippen LogP contribution in [0.15, 0.2) is 85.2 Å². The highest BCUT2D eigenvalue weighted by Crippen LogP contribution is 2.25. The molecule has 0 aliphatic rings. The number of hydrogen-bond acceptors (Lipinski definition) is 1. The van der Waals surface area contributed by atoms with Gasteiger partial charge in [0.25, 0.3) is 5.91 Å². The monoisotopic (exact) mass is 326 g/mol. The number of amides is 1. The fraction of sp³-hybridized carbons (Fsp3) is 0.0455. The van der Waals surface area contributed by atoms with Gasteiger partial charge in [0.15, 0.2) is 0 Å². The van der Waals surface area contributed by atoms with E-state index in [2.05, 4.69) is 23.5 Å². The van der Waals surface area contributed by atoms with E-state index in [0.29, 0.717) is 5.56 Å². The number of benzene rings is 2. The summed E-state index contributed by atoms with van der Waals surface area (Å²) in [5.74, 6) is -0.103. The Hall–Kier alpha value is -3.33. The Morgan fingerprint density at radius 2 is 1.72 bits per heavy atom. The molecule has 0 saturated heterocycles. The minimum absolute atomic E-state index is 0.103. The first kappa shape index (κ1) is 15.2. The summed E-state index contributed by atoms with van der Waals surface area (Å²) in [5, 5.41) is 2.99. The molecule has 0 saturated carbocycles. The van der Waals surface area contributed by atoms with E-state index in [1.807, 2.05) is 78.3 Å². The third-order valence-corrected chi connectivity index (χ3v) is 4.26. The van der Waals surface area contributed by atoms with Gasteiger partial charge in [0.05, 0.1) is 11.1 Å². The molecular formula is C22H18N2O. The number of nitrogens with one attached hydrogen (secondary N) is 1. The number of rotatable bonds is 3. The Kier molecular flexibility index (Phi) is 3.82. The van der Waals surface area contributed by atoms with E-state index >= 15 is 0 Å². The van der Waals surface area contributed by atoms with Gasteiger partial charge in [-0.15, -0.1) is 0 Å². The summed E-state index contributed by atoms with van der Waals surface area (Å²) in [6.45, 7) is 2.01. The molecule has 2 heterocycles. The molecule has 0 atom stereocenters. The highest BCUT2D eigenvalue weighted by Gasteiger charge is 2.12. The van der Waals surface area contributed by atoms with Crippen LogP contribution in [-0.4, -0.2) is 10.3 Å². The molecule has 25 heavy (non-hydrogen) atoms. The Morgan fingerprint density at radius 3 is 2.52 bits per heavy atom. The minimum Gasteiger partial charge on any atom is -0.322 e. The Morgan fingerprint density at radius 1 is 0.880 bits per heavy atom. The summed E-state index contributed by atoms with van der Waals surface area (Å²) in [6, 6.07) is 23.8. The molecule has 0 unspecified atom stereocenters. The highest BCUT2D eigenvalue weighted by molar-refractivity contribution is 6.09. The lowest BCUT2D eigenvalue weighted by atomic mass is 10.1. The number of fused-ring (bicyclic) bond motifs is 1. The number of carbonyl (C=O) groups is 1. The third kappa shape index (κ3) is 3.04. The maximum atomic E-state index is 12.8. The molecule has 0 bridgehead atoms. The average molecular weight is 326 g/mol. The van der Waals surface area contributed by atoms with E-state index in [1.165, 1.54) is 0 Å². The molecule has 3 nitrogen and oxygen atoms in total. The summed E-state index contributed by atoms with van der Waals surface area (Å²) >= 11 is 0. The van der Waals surface area contributed by atoms with Crippen LogP contribution in [0.3, 0.4) is 0 Å². The Bertz CT molecular complexity index is 1050. The highest BCUT2D eigenvalue weighted by atomic mass is 16.1. The molecule has 2 aromatic carbocycles. The summed E-state index contributed by atoms with van der Waals surface area (Å²) in [5.41, 5.74) is 5.71. The van der Waals surface area contributed by atoms with Crippen LogP contribution in [0, 0.1) is 6.92 Å². The van der Waals surface area contributed by atoms with Gasteiger partial charge in [-0.3, -0.25) is 4.79 Å². The maximum Gasteiger partial charge on any atom is 0.257 e. The van der Waals surface area contributed by atoms with Crippen molar-refractivity contribution < 1.29 is 4.79 Å². The molecule has 0 spiro atoms. The van der Waals surface area contributed by atoms with Crippen molar-refractivity contribution in [1.82, 2.24) is 4.40 Å². The molecule has 4 rings (SSSR count). The van der Waals surface area contributed by atoms with Gasteiger partial charge in [-0.2, -0.15) is 0 Å². The second-order valence-electron chi connectivity index (χ2n) is 6.13. The van der Waals surface area contributed by atoms with Gasteiger partial charge in [-0.1, -0.05) is 42.5 Å². The molecule has 2 aromatic heterocycles. The molecule has 1 N–H and O–H groups in total. The molecule has 0 aliphatic carbocycles. The zero-order valence-electron chi connectivity index (χ0n) is 13.9. The van der Waals surface area contributed by atoms with Crippen LogP contribution >= 0.6 is 0 Å². The van der Waals surface area contributed by atoms with Crippen LogP contribution in [0.1, 0.15) is 15.9 Å². The van der Waals surface area contributed by atoms with E-state index in [9.17, 15) is 4.79 Å². The molecule has 0 radical (unpaired) electrons. The van der Waals surface area contributed by atoms with E-state index in [-0.39, 0.29) is 5.91 Å². The van der Waals surface area contributed by atoms with E-state index in [4.69, 9.17) is 0 Å². The van der Waals surface area contributed by atoms with Crippen LogP contribution in [0.5, 0.6) is 0 Å². The molecule has 1 amide bonds. The predicted octanol–water partition coefficient (Wildman–Crippen LogP) is 5.17. The number of anilines is 1. The summed E-state index contributed by atoms with van der Waals surface area (Å²) in [7, 11) is 0. The minimum atomic E-state index is -0.103. The van der Waals surface area contributed by atoms with Crippen molar-refractivity contribution >= 4 is 17.1 Å². The van der Waals surface area contributed by atoms with E-state index in [0.717, 1.165) is 27.9 Å². The zero-order chi connectivity index (χ0) is 17.2. The first-order valence-corrected chi connectivity index (χ1v) is 8.25. The summed E-state index contributed by atoms with van der Waals surface area (Å²) < 4.78 is 1.99. The number of carbonyl (C=O) groups excluding carboxylic acids is 1. The molecule has 0 aliphatic heterocycles. The second-order valence-corrected chi connectivity index (χ2v) is 6.13. The van der Waals surface area contributed by atoms with Gasteiger partial charge in [-0.25, -0.2) is 0 Å². The van der Waals surface area contributed by atoms with Crippen molar-refractivity contribution in [2.45, 2.75) is 6.92 Å². The lowest BCUT2D eigenvalue weighted by molar-refractivity contribution is 0.102. The van der Waals surface area contributed by atoms with Crippen molar-refractivity contribution in [3.8, 4) is 11.1 Å². The molecule has 0 fully saturated rings. The number of aromatic nitrogens is 1. The Balaban J connectivity index is 1.72. The van der Waals surface area contributed by atoms with Gasteiger partial charge in [0, 0.05) is 23.6 Å². The molecule has 3 heteroatoms. The smallest absolute Gasteiger partial charge is 0.257 e. The maximum absolute atomic E-state index is 12.8. The number of pyridine rings is 1. The van der Waals surface area contributed by atoms with E-state index < -0.39 is 0 Å². The Labute approximate surface area is 146 Å². The van der Waals surface area contributed by atoms with Gasteiger partial charge >= 0.3 is 0 Å². The first-order chi connectivity index (χ1) is 12.2. The predicted molar refractivity (Wildman–Crippen MR) is 102 cm³/mol. The van der Waals surface area contributed by atoms with Crippen molar-refractivity contribution in [2.75, 3.05) is 5.32 Å². The standard InChI is InChI=1S/C22H18N2O/c1-16-7-5-10-19(13-16)23-22(25)20-11-6-12-24-15-18(14-21(20)24)17-8-3-2-4-9-17/h2-15H,1H3,(H,23,25). The normalized spacial score (nSPS) is 10.8. The van der Waals surface area contributed by atoms with E-state index in [1.54, 1.807) is 0 Å². The van der Waals surface area contributed by atoms with Crippen LogP contribution in [0.4, 0.5) is 5.69 Å². The first-order valence-electron chi connectivity index (χ1n) is 8.25. The molecule has 122 valence electrons. The largest absolute Gasteiger partial charge is 0.322 e. The van der Waals surface area contributed by atoms with Crippen LogP contribution in [0.2, 0.25) is 0 Å². The van der Waals surface area contributed by atoms with Gasteiger partial charge in [-0.05, 0) is 48.4 Å². The van der Waals surface area contributed by atoms with Crippen molar-refractivity contribution in [3.05, 3.63) is 96.3 Å². The second kappa shape index (κ2) is 6.29. The average Bonchev–Trinajstić information content (AvgIpc) is 3.06. The molecule has 4 aromatic rings. The third-order valence-electron chi connectivity index (χ3n) is 4.26. The van der Waals surface area contributed by atoms with Crippen LogP contribution in [0.25, 0.3) is 16.6 Å². The van der Waals surface area contributed by atoms with Crippen LogP contribution < -0.4 is 5.32 Å². The topological polar surface area (TPSA) is 33.5 Å². The quantitative estimate of drug-likeness (QED) is 0.554. The fourth-order valence-electron chi connectivity index (χ4n) is 3.04. The molecular weight excluding hydrogens is 308 g/mol. The number of nitrogens with zero attached hydrogens (tertiary/aromatic N) is 1.